The number of imide groups is 1. The fraction of sp³-hybridized carbons (Fsp3) is 0.424. The molecule has 2 heterocycles. The molecule has 1 N–H and O–H groups in total. The predicted octanol–water partition coefficient (Wildman–Crippen LogP) is 5.40. The maximum Gasteiger partial charge on any atom is 0.416 e. The lowest BCUT2D eigenvalue weighted by Gasteiger charge is -2.27. The first-order chi connectivity index (χ1) is 21.3. The zero-order chi connectivity index (χ0) is 31.5. The van der Waals surface area contributed by atoms with Gasteiger partial charge in [0.15, 0.2) is 6.10 Å². The lowest BCUT2D eigenvalue weighted by molar-refractivity contribution is -0.154. The number of ether oxygens (including phenoxy) is 4. The van der Waals surface area contributed by atoms with Crippen molar-refractivity contribution >= 4 is 33.9 Å². The van der Waals surface area contributed by atoms with Crippen LogP contribution >= 0.6 is 15.9 Å². The highest BCUT2D eigenvalue weighted by atomic mass is 79.9. The highest BCUT2D eigenvalue weighted by molar-refractivity contribution is 9.10. The summed E-state index contributed by atoms with van der Waals surface area (Å²) in [7, 11) is 0. The van der Waals surface area contributed by atoms with Crippen molar-refractivity contribution in [2.24, 2.45) is 5.92 Å². The number of cyclic esters (lactones) is 1. The number of benzene rings is 2. The molecule has 44 heavy (non-hydrogen) atoms. The summed E-state index contributed by atoms with van der Waals surface area (Å²) in [5.41, 5.74) is 1.98. The normalized spacial score (nSPS) is 16.8. The number of amides is 2. The smallest absolute Gasteiger partial charge is 0.416 e. The first-order valence-corrected chi connectivity index (χ1v) is 15.4. The molecule has 0 bridgehead atoms. The van der Waals surface area contributed by atoms with Crippen LogP contribution in [-0.2, 0) is 48.0 Å². The third kappa shape index (κ3) is 9.25. The van der Waals surface area contributed by atoms with E-state index in [9.17, 15) is 19.5 Å². The van der Waals surface area contributed by atoms with Crippen LogP contribution in [0.4, 0.5) is 4.79 Å². The zero-order valence-corrected chi connectivity index (χ0v) is 26.4. The van der Waals surface area contributed by atoms with Crippen LogP contribution in [0.3, 0.4) is 0 Å². The van der Waals surface area contributed by atoms with E-state index in [0.717, 1.165) is 16.0 Å². The number of carbonyl (C=O) groups excluding carboxylic acids is 3. The first kappa shape index (κ1) is 33.4. The Labute approximate surface area is 265 Å². The number of hydrogen-bond acceptors (Lipinski definition) is 9. The number of aliphatic hydroxyl groups is 1. The van der Waals surface area contributed by atoms with E-state index in [-0.39, 0.29) is 25.6 Å². The van der Waals surface area contributed by atoms with Crippen molar-refractivity contribution < 1.29 is 42.9 Å². The summed E-state index contributed by atoms with van der Waals surface area (Å²) < 4.78 is 29.0. The van der Waals surface area contributed by atoms with E-state index in [0.29, 0.717) is 42.7 Å². The van der Waals surface area contributed by atoms with E-state index < -0.39 is 42.1 Å². The van der Waals surface area contributed by atoms with Crippen molar-refractivity contribution in [1.82, 2.24) is 4.90 Å². The molecule has 1 fully saturated rings. The fourth-order valence-corrected chi connectivity index (χ4v) is 5.43. The number of furan rings is 1. The van der Waals surface area contributed by atoms with Gasteiger partial charge in [-0.05, 0) is 52.9 Å². The Kier molecular flexibility index (Phi) is 12.5. The van der Waals surface area contributed by atoms with E-state index in [1.54, 1.807) is 13.0 Å². The summed E-state index contributed by atoms with van der Waals surface area (Å²) in [4.78, 5) is 39.4. The molecule has 1 saturated heterocycles. The molecule has 2 aromatic carbocycles. The molecule has 0 saturated carbocycles. The molecule has 0 radical (unpaired) electrons. The molecule has 0 aliphatic carbocycles. The Hall–Kier alpha value is -3.51. The van der Waals surface area contributed by atoms with Gasteiger partial charge in [0.25, 0.3) is 0 Å². The van der Waals surface area contributed by atoms with Crippen LogP contribution in [0.1, 0.15) is 49.0 Å². The fourth-order valence-electron chi connectivity index (χ4n) is 4.93. The Morgan fingerprint density at radius 1 is 1.09 bits per heavy atom. The van der Waals surface area contributed by atoms with E-state index in [2.05, 4.69) is 15.9 Å². The van der Waals surface area contributed by atoms with Crippen LogP contribution in [0.15, 0.2) is 75.6 Å². The summed E-state index contributed by atoms with van der Waals surface area (Å²) in [6, 6.07) is 20.4. The molecule has 1 aromatic heterocycles. The number of halogens is 1. The Morgan fingerprint density at radius 2 is 1.77 bits per heavy atom. The van der Waals surface area contributed by atoms with Gasteiger partial charge in [0.1, 0.15) is 24.2 Å². The molecule has 4 rings (SSSR count). The standard InChI is InChI=1S/C33H38BrNO9/c1-22(32(38)35-26(20-42-33(35)39)16-24-10-5-3-6-11-24)31(43-23(2)37)30-17-28(34)29(44-30)14-9-15-40-21-27(18-36)41-19-25-12-7-4-8-13-25/h3-8,10-13,17,22,26-27,31,36H,9,14-16,18-21H2,1-2H3. The maximum absolute atomic E-state index is 13.6. The molecule has 10 nitrogen and oxygen atoms in total. The molecule has 1 aliphatic rings. The number of hydrogen-bond donors (Lipinski definition) is 1. The van der Waals surface area contributed by atoms with Crippen LogP contribution in [0.2, 0.25) is 0 Å². The van der Waals surface area contributed by atoms with Gasteiger partial charge in [-0.15, -0.1) is 0 Å². The van der Waals surface area contributed by atoms with Gasteiger partial charge >= 0.3 is 12.1 Å². The van der Waals surface area contributed by atoms with Gasteiger partial charge in [-0.2, -0.15) is 0 Å². The van der Waals surface area contributed by atoms with Gasteiger partial charge < -0.3 is 28.5 Å². The van der Waals surface area contributed by atoms with Gasteiger partial charge in [0.05, 0.1) is 36.3 Å². The molecule has 4 atom stereocenters. The second-order valence-corrected chi connectivity index (χ2v) is 11.5. The van der Waals surface area contributed by atoms with Crippen molar-refractivity contribution in [2.75, 3.05) is 26.4 Å². The summed E-state index contributed by atoms with van der Waals surface area (Å²) in [5, 5.41) is 9.63. The SMILES string of the molecule is CC(=O)OC(c1cc(Br)c(CCCOCC(CO)OCc2ccccc2)o1)C(C)C(=O)N1C(=O)OCC1Cc1ccccc1. The van der Waals surface area contributed by atoms with E-state index in [1.165, 1.54) is 6.92 Å². The summed E-state index contributed by atoms with van der Waals surface area (Å²) in [6.45, 7) is 3.81. The summed E-state index contributed by atoms with van der Waals surface area (Å²) >= 11 is 3.51. The minimum Gasteiger partial charge on any atom is -0.461 e. The molecule has 1 aliphatic heterocycles. The van der Waals surface area contributed by atoms with Gasteiger partial charge in [-0.1, -0.05) is 60.7 Å². The van der Waals surface area contributed by atoms with Crippen molar-refractivity contribution in [3.05, 3.63) is 93.9 Å². The maximum atomic E-state index is 13.6. The monoisotopic (exact) mass is 671 g/mol. The predicted molar refractivity (Wildman–Crippen MR) is 163 cm³/mol. The van der Waals surface area contributed by atoms with Crippen molar-refractivity contribution in [3.63, 3.8) is 0 Å². The molecule has 11 heteroatoms. The summed E-state index contributed by atoms with van der Waals surface area (Å²) in [5.74, 6) is -1.15. The number of nitrogens with zero attached hydrogens (tertiary/aromatic N) is 1. The second-order valence-electron chi connectivity index (χ2n) is 10.6. The second kappa shape index (κ2) is 16.5. The Bertz CT molecular complexity index is 1360. The minimum absolute atomic E-state index is 0.0845. The lowest BCUT2D eigenvalue weighted by Crippen LogP contribution is -2.44. The molecule has 236 valence electrons. The van der Waals surface area contributed by atoms with E-state index in [4.69, 9.17) is 23.4 Å². The van der Waals surface area contributed by atoms with E-state index in [1.807, 2.05) is 60.7 Å². The number of aryl methyl sites for hydroxylation is 1. The van der Waals surface area contributed by atoms with Gasteiger partial charge in [-0.25, -0.2) is 9.69 Å². The zero-order valence-electron chi connectivity index (χ0n) is 24.9. The van der Waals surface area contributed by atoms with Gasteiger partial charge in [0.2, 0.25) is 5.91 Å². The lowest BCUT2D eigenvalue weighted by atomic mass is 9.98. The average molecular weight is 673 g/mol. The summed E-state index contributed by atoms with van der Waals surface area (Å²) in [6.07, 6.45) is -0.669. The third-order valence-electron chi connectivity index (χ3n) is 7.23. The minimum atomic E-state index is -1.06. The average Bonchev–Trinajstić information content (AvgIpc) is 3.58. The number of aliphatic hydroxyl groups excluding tert-OH is 1. The highest BCUT2D eigenvalue weighted by Gasteiger charge is 2.43. The highest BCUT2D eigenvalue weighted by Crippen LogP contribution is 2.35. The van der Waals surface area contributed by atoms with Crippen LogP contribution in [0.25, 0.3) is 0 Å². The Morgan fingerprint density at radius 3 is 2.43 bits per heavy atom. The van der Waals surface area contributed by atoms with E-state index >= 15 is 0 Å². The van der Waals surface area contributed by atoms with Crippen molar-refractivity contribution in [2.45, 2.75) is 58.0 Å². The van der Waals surface area contributed by atoms with Crippen molar-refractivity contribution in [1.29, 1.82) is 0 Å². The molecule has 3 aromatic rings. The van der Waals surface area contributed by atoms with Crippen LogP contribution in [0.5, 0.6) is 0 Å². The van der Waals surface area contributed by atoms with Crippen LogP contribution in [-0.4, -0.2) is 66.5 Å². The third-order valence-corrected chi connectivity index (χ3v) is 7.91. The molecule has 2 amide bonds. The number of esters is 1. The quantitative estimate of drug-likeness (QED) is 0.157. The molecular formula is C33H38BrNO9. The molecule has 0 spiro atoms. The van der Waals surface area contributed by atoms with Gasteiger partial charge in [-0.3, -0.25) is 9.59 Å². The largest absolute Gasteiger partial charge is 0.461 e. The number of carbonyl (C=O) groups is 3. The Balaban J connectivity index is 1.33. The van der Waals surface area contributed by atoms with Crippen LogP contribution < -0.4 is 0 Å². The van der Waals surface area contributed by atoms with Gasteiger partial charge in [0, 0.05) is 20.0 Å². The first-order valence-electron chi connectivity index (χ1n) is 14.6. The number of rotatable bonds is 16. The molecular weight excluding hydrogens is 634 g/mol. The molecule has 4 unspecified atom stereocenters. The van der Waals surface area contributed by atoms with Crippen LogP contribution in [0, 0.1) is 5.92 Å². The van der Waals surface area contributed by atoms with Crippen molar-refractivity contribution in [3.8, 4) is 0 Å². The topological polar surface area (TPSA) is 125 Å².